The van der Waals surface area contributed by atoms with Crippen LogP contribution in [0.4, 0.5) is 0 Å². The summed E-state index contributed by atoms with van der Waals surface area (Å²) in [6, 6.07) is 7.73. The molecule has 6 nitrogen and oxygen atoms in total. The third-order valence-electron chi connectivity index (χ3n) is 4.21. The van der Waals surface area contributed by atoms with Gasteiger partial charge in [0.05, 0.1) is 32.5 Å². The SMILES string of the molecule is CC.COc1ccc(COCc2c[n+](O)c(C)c3c2COC(C)(C)O3)cc1. The van der Waals surface area contributed by atoms with Crippen LogP contribution in [-0.4, -0.2) is 18.1 Å². The van der Waals surface area contributed by atoms with Gasteiger partial charge in [-0.25, -0.2) is 0 Å². The number of pyridine rings is 1. The van der Waals surface area contributed by atoms with Gasteiger partial charge in [0, 0.05) is 31.1 Å². The molecule has 148 valence electrons. The van der Waals surface area contributed by atoms with Gasteiger partial charge in [0.25, 0.3) is 5.69 Å². The third kappa shape index (κ3) is 5.11. The molecule has 2 heterocycles. The zero-order chi connectivity index (χ0) is 20.0. The molecule has 27 heavy (non-hydrogen) atoms. The van der Waals surface area contributed by atoms with Crippen molar-refractivity contribution in [3.05, 3.63) is 52.8 Å². The second-order valence-electron chi connectivity index (χ2n) is 6.52. The lowest BCUT2D eigenvalue weighted by Crippen LogP contribution is -2.41. The molecule has 0 radical (unpaired) electrons. The molecule has 0 amide bonds. The summed E-state index contributed by atoms with van der Waals surface area (Å²) in [6.45, 7) is 10.7. The van der Waals surface area contributed by atoms with Crippen LogP contribution in [0.25, 0.3) is 0 Å². The van der Waals surface area contributed by atoms with E-state index in [1.807, 2.05) is 58.9 Å². The molecule has 1 aromatic heterocycles. The molecule has 2 aromatic rings. The Hall–Kier alpha value is -2.31. The van der Waals surface area contributed by atoms with Crippen LogP contribution in [0.2, 0.25) is 0 Å². The highest BCUT2D eigenvalue weighted by Gasteiger charge is 2.34. The van der Waals surface area contributed by atoms with Crippen LogP contribution < -0.4 is 14.2 Å². The van der Waals surface area contributed by atoms with Crippen LogP contribution in [0, 0.1) is 6.92 Å². The summed E-state index contributed by atoms with van der Waals surface area (Å²) in [4.78, 5) is 0. The lowest BCUT2D eigenvalue weighted by atomic mass is 10.1. The highest BCUT2D eigenvalue weighted by molar-refractivity contribution is 5.40. The van der Waals surface area contributed by atoms with E-state index in [-0.39, 0.29) is 0 Å². The monoisotopic (exact) mass is 376 g/mol. The highest BCUT2D eigenvalue weighted by Crippen LogP contribution is 2.34. The third-order valence-corrected chi connectivity index (χ3v) is 4.21. The Kier molecular flexibility index (Phi) is 7.05. The Morgan fingerprint density at radius 3 is 2.44 bits per heavy atom. The van der Waals surface area contributed by atoms with Crippen LogP contribution in [-0.2, 0) is 29.3 Å². The molecule has 1 aliphatic rings. The summed E-state index contributed by atoms with van der Waals surface area (Å²) < 4.78 is 23.7. The first-order valence-corrected chi connectivity index (χ1v) is 9.19. The molecule has 0 aliphatic carbocycles. The first-order chi connectivity index (χ1) is 12.9. The maximum Gasteiger partial charge on any atom is 0.273 e. The summed E-state index contributed by atoms with van der Waals surface area (Å²) in [6.07, 6.45) is 1.65. The van der Waals surface area contributed by atoms with E-state index in [1.165, 1.54) is 0 Å². The number of aromatic nitrogens is 1. The van der Waals surface area contributed by atoms with Gasteiger partial charge in [0.15, 0.2) is 0 Å². The van der Waals surface area contributed by atoms with Gasteiger partial charge < -0.3 is 18.9 Å². The van der Waals surface area contributed by atoms with Crippen molar-refractivity contribution in [3.8, 4) is 11.5 Å². The number of methoxy groups -OCH3 is 1. The molecule has 1 aromatic carbocycles. The molecule has 0 fully saturated rings. The van der Waals surface area contributed by atoms with E-state index in [0.29, 0.717) is 31.3 Å². The van der Waals surface area contributed by atoms with E-state index in [2.05, 4.69) is 0 Å². The van der Waals surface area contributed by atoms with E-state index in [9.17, 15) is 5.21 Å². The topological polar surface area (TPSA) is 61.0 Å². The predicted octanol–water partition coefficient (Wildman–Crippen LogP) is 3.92. The Morgan fingerprint density at radius 2 is 1.81 bits per heavy atom. The molecule has 0 spiro atoms. The van der Waals surface area contributed by atoms with Gasteiger partial charge in [-0.3, -0.25) is 5.21 Å². The Balaban J connectivity index is 0.00000126. The average Bonchev–Trinajstić information content (AvgIpc) is 2.67. The van der Waals surface area contributed by atoms with Crippen LogP contribution in [0.5, 0.6) is 11.5 Å². The van der Waals surface area contributed by atoms with Crippen LogP contribution in [0.15, 0.2) is 30.5 Å². The van der Waals surface area contributed by atoms with E-state index >= 15 is 0 Å². The Labute approximate surface area is 161 Å². The normalized spacial score (nSPS) is 14.4. The van der Waals surface area contributed by atoms with Crippen molar-refractivity contribution in [2.75, 3.05) is 7.11 Å². The smallest absolute Gasteiger partial charge is 0.273 e. The molecule has 1 aliphatic heterocycles. The second-order valence-corrected chi connectivity index (χ2v) is 6.52. The predicted molar refractivity (Wildman–Crippen MR) is 101 cm³/mol. The number of nitrogens with zero attached hydrogens (tertiary/aromatic N) is 1. The van der Waals surface area contributed by atoms with Gasteiger partial charge in [0.1, 0.15) is 5.75 Å². The molecule has 0 saturated carbocycles. The fourth-order valence-electron chi connectivity index (χ4n) is 2.73. The lowest BCUT2D eigenvalue weighted by molar-refractivity contribution is -0.909. The number of rotatable bonds is 5. The summed E-state index contributed by atoms with van der Waals surface area (Å²) in [5.74, 6) is 0.756. The van der Waals surface area contributed by atoms with Gasteiger partial charge >= 0.3 is 0 Å². The summed E-state index contributed by atoms with van der Waals surface area (Å²) in [5.41, 5.74) is 3.45. The van der Waals surface area contributed by atoms with Crippen LogP contribution in [0.1, 0.15) is 50.1 Å². The van der Waals surface area contributed by atoms with Crippen molar-refractivity contribution < 1.29 is 28.9 Å². The molecule has 0 atom stereocenters. The maximum atomic E-state index is 10.1. The Bertz CT molecular complexity index is 756. The molecular formula is C21H30NO5+. The number of hydrogen-bond donors (Lipinski definition) is 1. The quantitative estimate of drug-likeness (QED) is 0.633. The Morgan fingerprint density at radius 1 is 1.15 bits per heavy atom. The largest absolute Gasteiger partial charge is 0.497 e. The lowest BCUT2D eigenvalue weighted by Gasteiger charge is -2.32. The van der Waals surface area contributed by atoms with Crippen molar-refractivity contribution in [3.63, 3.8) is 0 Å². The van der Waals surface area contributed by atoms with Crippen molar-refractivity contribution in [1.29, 1.82) is 0 Å². The molecule has 0 saturated heterocycles. The van der Waals surface area contributed by atoms with Crippen LogP contribution >= 0.6 is 0 Å². The number of hydrogen-bond acceptors (Lipinski definition) is 5. The van der Waals surface area contributed by atoms with Gasteiger partial charge in [-0.2, -0.15) is 0 Å². The fourth-order valence-corrected chi connectivity index (χ4v) is 2.73. The number of benzene rings is 1. The number of ether oxygens (including phenoxy) is 4. The zero-order valence-corrected chi connectivity index (χ0v) is 17.0. The fraction of sp³-hybridized carbons (Fsp3) is 0.476. The summed E-state index contributed by atoms with van der Waals surface area (Å²) in [5, 5.41) is 10.1. The molecule has 1 N–H and O–H groups in total. The second kappa shape index (κ2) is 9.06. The van der Waals surface area contributed by atoms with Crippen molar-refractivity contribution in [1.82, 2.24) is 0 Å². The molecular weight excluding hydrogens is 346 g/mol. The van der Waals surface area contributed by atoms with E-state index < -0.39 is 5.79 Å². The minimum Gasteiger partial charge on any atom is -0.497 e. The molecule has 3 rings (SSSR count). The standard InChI is InChI=1S/C19H24NO5.C2H6/c1-13-18-17(12-24-19(2,3)25-18)15(9-20(13)21)11-23-10-14-5-7-16(22-4)8-6-14;1-2/h5-9,21H,10-12H2,1-4H3;1-2H3/q+1;. The van der Waals surface area contributed by atoms with Gasteiger partial charge in [-0.05, 0) is 17.7 Å². The van der Waals surface area contributed by atoms with Crippen molar-refractivity contribution in [2.24, 2.45) is 0 Å². The summed E-state index contributed by atoms with van der Waals surface area (Å²) >= 11 is 0. The van der Waals surface area contributed by atoms with E-state index in [0.717, 1.165) is 27.2 Å². The van der Waals surface area contributed by atoms with Crippen molar-refractivity contribution >= 4 is 0 Å². The zero-order valence-electron chi connectivity index (χ0n) is 17.0. The van der Waals surface area contributed by atoms with Crippen molar-refractivity contribution in [2.45, 2.75) is 60.2 Å². The van der Waals surface area contributed by atoms with E-state index in [1.54, 1.807) is 13.3 Å². The maximum absolute atomic E-state index is 10.1. The minimum atomic E-state index is -0.715. The first-order valence-electron chi connectivity index (χ1n) is 9.19. The highest BCUT2D eigenvalue weighted by atomic mass is 16.7. The summed E-state index contributed by atoms with van der Waals surface area (Å²) in [7, 11) is 1.64. The van der Waals surface area contributed by atoms with Gasteiger partial charge in [-0.15, -0.1) is 0 Å². The van der Waals surface area contributed by atoms with Gasteiger partial charge in [-0.1, -0.05) is 26.0 Å². The molecule has 0 bridgehead atoms. The van der Waals surface area contributed by atoms with E-state index in [4.69, 9.17) is 18.9 Å². The minimum absolute atomic E-state index is 0.350. The van der Waals surface area contributed by atoms with Crippen LogP contribution in [0.3, 0.4) is 0 Å². The first kappa shape index (κ1) is 21.0. The average molecular weight is 376 g/mol. The van der Waals surface area contributed by atoms with Gasteiger partial charge in [0.2, 0.25) is 17.7 Å². The molecule has 0 unspecified atom stereocenters. The molecule has 6 heteroatoms. The number of fused-ring (bicyclic) bond motifs is 1.